The summed E-state index contributed by atoms with van der Waals surface area (Å²) < 4.78 is 5.48. The van der Waals surface area contributed by atoms with Gasteiger partial charge in [-0.05, 0) is 54.8 Å². The number of nitriles is 1. The van der Waals surface area contributed by atoms with Gasteiger partial charge < -0.3 is 38.7 Å². The van der Waals surface area contributed by atoms with Gasteiger partial charge in [0.25, 0.3) is 0 Å². The van der Waals surface area contributed by atoms with Gasteiger partial charge in [-0.2, -0.15) is 5.26 Å². The number of rotatable bonds is 4. The van der Waals surface area contributed by atoms with E-state index >= 15 is 0 Å². The Labute approximate surface area is 200 Å². The van der Waals surface area contributed by atoms with Crippen LogP contribution in [-0.2, 0) is 0 Å². The van der Waals surface area contributed by atoms with E-state index in [2.05, 4.69) is 19.1 Å². The third-order valence-electron chi connectivity index (χ3n) is 3.22. The predicted molar refractivity (Wildman–Crippen MR) is 103 cm³/mol. The van der Waals surface area contributed by atoms with Crippen molar-refractivity contribution in [2.75, 3.05) is 6.61 Å². The minimum absolute atomic E-state index is 0. The van der Waals surface area contributed by atoms with Crippen molar-refractivity contribution in [2.24, 2.45) is 0 Å². The summed E-state index contributed by atoms with van der Waals surface area (Å²) >= 11 is 0. The summed E-state index contributed by atoms with van der Waals surface area (Å²) in [6.07, 6.45) is 0.761. The van der Waals surface area contributed by atoms with Crippen molar-refractivity contribution in [1.82, 2.24) is 0 Å². The molecule has 0 amide bonds. The van der Waals surface area contributed by atoms with Crippen LogP contribution in [0.3, 0.4) is 0 Å². The van der Waals surface area contributed by atoms with Gasteiger partial charge in [-0.25, -0.2) is 0 Å². The van der Waals surface area contributed by atoms with Gasteiger partial charge in [0.1, 0.15) is 5.75 Å². The van der Waals surface area contributed by atoms with E-state index in [-0.39, 0.29) is 57.9 Å². The summed E-state index contributed by atoms with van der Waals surface area (Å²) in [5.74, 6) is 0.857. The minimum Gasteiger partial charge on any atom is -1.00 e. The zero-order valence-electron chi connectivity index (χ0n) is 14.7. The van der Waals surface area contributed by atoms with Crippen LogP contribution in [0.2, 0.25) is 0 Å². The molecule has 0 bridgehead atoms. The first-order chi connectivity index (χ1) is 11.8. The van der Waals surface area contributed by atoms with Crippen molar-refractivity contribution < 1.29 is 38.7 Å². The summed E-state index contributed by atoms with van der Waals surface area (Å²) in [7, 11) is 0. The van der Waals surface area contributed by atoms with Gasteiger partial charge in [-0.15, -0.1) is 0 Å². The van der Waals surface area contributed by atoms with Gasteiger partial charge in [0.2, 0.25) is 0 Å². The third kappa shape index (κ3) is 10.6. The SMILES string of the molecule is [Br-].[Br-].[CH2]CCOc1ccc(-c2ccc(C#N)cc2)cc1.[Sn+2].[c]1ccccc1. The van der Waals surface area contributed by atoms with Crippen LogP contribution >= 0.6 is 0 Å². The molecule has 0 aromatic heterocycles. The number of hydrogen-bond acceptors (Lipinski definition) is 2. The topological polar surface area (TPSA) is 33.0 Å². The standard InChI is InChI=1S/C16H14NO.C6H5.2BrH.Sn/c1-2-11-18-16-9-7-15(8-10-16)14-5-3-13(12-17)4-6-14;1-2-4-6-5-3-1;;;/h3-10H,1-2,11H2;1-5H;2*1H;/q;;;;+2/p-2. The summed E-state index contributed by atoms with van der Waals surface area (Å²) in [5, 5.41) is 8.75. The first-order valence-electron chi connectivity index (χ1n) is 7.77. The first kappa shape index (κ1) is 27.9. The number of nitrogens with zero attached hydrogens (tertiary/aromatic N) is 1. The molecule has 0 spiro atoms. The number of halogens is 2. The average molecular weight is 592 g/mol. The molecule has 0 aliphatic rings. The average Bonchev–Trinajstić information content (AvgIpc) is 2.69. The van der Waals surface area contributed by atoms with E-state index in [1.165, 1.54) is 0 Å². The smallest absolute Gasteiger partial charge is 1.00 e. The maximum Gasteiger partial charge on any atom is 2.00 e. The number of hydrogen-bond donors (Lipinski definition) is 0. The van der Waals surface area contributed by atoms with Crippen LogP contribution in [0, 0.1) is 24.3 Å². The monoisotopic (exact) mass is 591 g/mol. The van der Waals surface area contributed by atoms with Crippen LogP contribution in [0.15, 0.2) is 78.9 Å². The number of ether oxygens (including phenoxy) is 1. The molecule has 3 aromatic carbocycles. The molecule has 0 atom stereocenters. The summed E-state index contributed by atoms with van der Waals surface area (Å²) in [4.78, 5) is 0. The van der Waals surface area contributed by atoms with Crippen LogP contribution in [-0.4, -0.2) is 30.5 Å². The van der Waals surface area contributed by atoms with Crippen molar-refractivity contribution in [1.29, 1.82) is 5.26 Å². The maximum atomic E-state index is 8.75. The minimum atomic E-state index is 0. The van der Waals surface area contributed by atoms with Crippen molar-refractivity contribution in [2.45, 2.75) is 6.42 Å². The summed E-state index contributed by atoms with van der Waals surface area (Å²) in [6.45, 7) is 4.37. The van der Waals surface area contributed by atoms with E-state index in [4.69, 9.17) is 10.00 Å². The Morgan fingerprint density at radius 3 is 1.74 bits per heavy atom. The third-order valence-corrected chi connectivity index (χ3v) is 3.22. The summed E-state index contributed by atoms with van der Waals surface area (Å²) in [6, 6.07) is 30.1. The Balaban J connectivity index is 0. The predicted octanol–water partition coefficient (Wildman–Crippen LogP) is -1.06. The molecule has 0 heterocycles. The van der Waals surface area contributed by atoms with E-state index in [9.17, 15) is 0 Å². The second kappa shape index (κ2) is 16.9. The molecule has 3 aromatic rings. The Morgan fingerprint density at radius 2 is 1.37 bits per heavy atom. The zero-order valence-corrected chi connectivity index (χ0v) is 20.8. The van der Waals surface area contributed by atoms with E-state index in [1.54, 1.807) is 0 Å². The van der Waals surface area contributed by atoms with Crippen molar-refractivity contribution in [3.8, 4) is 22.9 Å². The second-order valence-electron chi connectivity index (χ2n) is 4.99. The van der Waals surface area contributed by atoms with Gasteiger partial charge in [-0.1, -0.05) is 54.6 Å². The van der Waals surface area contributed by atoms with Crippen molar-refractivity contribution in [3.05, 3.63) is 97.4 Å². The molecule has 0 saturated heterocycles. The van der Waals surface area contributed by atoms with E-state index in [1.807, 2.05) is 78.9 Å². The first-order valence-corrected chi connectivity index (χ1v) is 7.77. The molecule has 0 aliphatic carbocycles. The van der Waals surface area contributed by atoms with Gasteiger partial charge in [0.05, 0.1) is 18.2 Å². The molecule has 0 saturated carbocycles. The van der Waals surface area contributed by atoms with Crippen LogP contribution in [0.5, 0.6) is 5.75 Å². The molecule has 0 aliphatic heterocycles. The fourth-order valence-electron chi connectivity index (χ4n) is 2.01. The van der Waals surface area contributed by atoms with Gasteiger partial charge in [0.15, 0.2) is 0 Å². The van der Waals surface area contributed by atoms with Crippen LogP contribution < -0.4 is 38.7 Å². The fourth-order valence-corrected chi connectivity index (χ4v) is 2.01. The molecule has 0 fully saturated rings. The van der Waals surface area contributed by atoms with Gasteiger partial charge >= 0.3 is 23.9 Å². The van der Waals surface area contributed by atoms with E-state index in [0.29, 0.717) is 12.2 Å². The molecule has 2 nitrogen and oxygen atoms in total. The van der Waals surface area contributed by atoms with Crippen LogP contribution in [0.25, 0.3) is 11.1 Å². The Bertz CT molecular complexity index is 730. The van der Waals surface area contributed by atoms with Gasteiger partial charge in [0, 0.05) is 0 Å². The molecule has 4 radical (unpaired) electrons. The normalized spacial score (nSPS) is 8.30. The van der Waals surface area contributed by atoms with Crippen molar-refractivity contribution >= 4 is 23.9 Å². The molecule has 5 heteroatoms. The van der Waals surface area contributed by atoms with Gasteiger partial charge in [-0.3, -0.25) is 0 Å². The molecule has 136 valence electrons. The molecule has 27 heavy (non-hydrogen) atoms. The quantitative estimate of drug-likeness (QED) is 0.363. The maximum absolute atomic E-state index is 8.75. The van der Waals surface area contributed by atoms with Crippen LogP contribution in [0.4, 0.5) is 0 Å². The Hall–Kier alpha value is -1.29. The molecular weight excluding hydrogens is 573 g/mol. The summed E-state index contributed by atoms with van der Waals surface area (Å²) in [5.41, 5.74) is 2.88. The second-order valence-corrected chi connectivity index (χ2v) is 4.99. The van der Waals surface area contributed by atoms with E-state index in [0.717, 1.165) is 23.3 Å². The fraction of sp³-hybridized carbons (Fsp3) is 0.0909. The van der Waals surface area contributed by atoms with E-state index < -0.39 is 0 Å². The van der Waals surface area contributed by atoms with Crippen molar-refractivity contribution in [3.63, 3.8) is 0 Å². The largest absolute Gasteiger partial charge is 2.00 e. The molecule has 3 rings (SSSR count). The molecule has 0 N–H and O–H groups in total. The van der Waals surface area contributed by atoms with Crippen LogP contribution in [0.1, 0.15) is 12.0 Å². The Morgan fingerprint density at radius 1 is 0.852 bits per heavy atom. The molecular formula is C22H19Br2NOSn. The number of benzene rings is 3. The zero-order chi connectivity index (χ0) is 17.0. The molecule has 0 unspecified atom stereocenters. The Kier molecular flexibility index (Phi) is 17.4.